The molecule has 0 amide bonds. The molecular formula is C13H13N3O2. The Balaban J connectivity index is 2.52. The van der Waals surface area contributed by atoms with Crippen molar-refractivity contribution >= 4 is 5.69 Å². The van der Waals surface area contributed by atoms with Crippen LogP contribution in [0.25, 0.3) is 5.69 Å². The molecule has 5 heteroatoms. The molecule has 0 unspecified atom stereocenters. The highest BCUT2D eigenvalue weighted by molar-refractivity contribution is 5.55. The zero-order valence-electron chi connectivity index (χ0n) is 10.0. The van der Waals surface area contributed by atoms with E-state index in [1.165, 1.54) is 0 Å². The number of aromatic nitrogens is 2. The molecule has 0 saturated heterocycles. The van der Waals surface area contributed by atoms with E-state index in [1.54, 1.807) is 17.7 Å². The summed E-state index contributed by atoms with van der Waals surface area (Å²) in [5.74, 6) is 0.341. The Kier molecular flexibility index (Phi) is 3.52. The first-order chi connectivity index (χ1) is 8.77. The lowest BCUT2D eigenvalue weighted by Crippen LogP contribution is -2.02. The largest absolute Gasteiger partial charge is 0.472 e. The minimum Gasteiger partial charge on any atom is -0.472 e. The number of hydrogen-bond acceptors (Lipinski definition) is 4. The first kappa shape index (κ1) is 12.0. The van der Waals surface area contributed by atoms with Gasteiger partial charge in [-0.3, -0.25) is 0 Å². The Hall–Kier alpha value is -2.43. The Morgan fingerprint density at radius 3 is 2.78 bits per heavy atom. The van der Waals surface area contributed by atoms with Gasteiger partial charge in [0.1, 0.15) is 6.61 Å². The molecule has 0 atom stereocenters. The smallest absolute Gasteiger partial charge is 0.247 e. The van der Waals surface area contributed by atoms with Gasteiger partial charge in [0.2, 0.25) is 5.88 Å². The second kappa shape index (κ2) is 5.27. The topological polar surface area (TPSA) is 56.5 Å². The minimum atomic E-state index is 0.223. The second-order valence-corrected chi connectivity index (χ2v) is 3.68. The predicted octanol–water partition coefficient (Wildman–Crippen LogP) is 3.14. The van der Waals surface area contributed by atoms with E-state index in [0.717, 1.165) is 5.69 Å². The number of hydrogen-bond donors (Lipinski definition) is 0. The first-order valence-corrected chi connectivity index (χ1v) is 5.50. The third-order valence-electron chi connectivity index (χ3n) is 2.42. The molecule has 0 radical (unpaired) electrons. The molecule has 0 aliphatic rings. The van der Waals surface area contributed by atoms with Crippen molar-refractivity contribution in [1.29, 1.82) is 0 Å². The zero-order chi connectivity index (χ0) is 13.0. The van der Waals surface area contributed by atoms with Gasteiger partial charge < -0.3 is 4.74 Å². The lowest BCUT2D eigenvalue weighted by molar-refractivity contribution is 0.338. The highest BCUT2D eigenvalue weighted by atomic mass is 16.5. The molecule has 2 rings (SSSR count). The van der Waals surface area contributed by atoms with Crippen LogP contribution in [0, 0.1) is 11.8 Å². The minimum absolute atomic E-state index is 0.223. The Morgan fingerprint density at radius 2 is 2.17 bits per heavy atom. The van der Waals surface area contributed by atoms with Crippen molar-refractivity contribution in [3.63, 3.8) is 0 Å². The number of ether oxygens (including phenoxy) is 1. The van der Waals surface area contributed by atoms with Crippen LogP contribution in [0.4, 0.5) is 5.69 Å². The van der Waals surface area contributed by atoms with Crippen molar-refractivity contribution in [2.75, 3.05) is 6.61 Å². The standard InChI is InChI=1S/C13H13N3O2/c1-3-9-18-13-12(15-17)10(2)14-16(13)11-7-5-4-6-8-11/h3-8H,1,9H2,2H3. The fraction of sp³-hybridized carbons (Fsp3) is 0.154. The molecule has 92 valence electrons. The van der Waals surface area contributed by atoms with Crippen molar-refractivity contribution < 1.29 is 4.74 Å². The van der Waals surface area contributed by atoms with Crippen LogP contribution < -0.4 is 4.74 Å². The summed E-state index contributed by atoms with van der Waals surface area (Å²) in [6.07, 6.45) is 1.60. The summed E-state index contributed by atoms with van der Waals surface area (Å²) in [4.78, 5) is 10.8. The molecule has 1 aromatic carbocycles. The van der Waals surface area contributed by atoms with Gasteiger partial charge in [0.15, 0.2) is 5.69 Å². The fourth-order valence-corrected chi connectivity index (χ4v) is 1.61. The Labute approximate surface area is 105 Å². The monoisotopic (exact) mass is 243 g/mol. The molecule has 0 aliphatic carbocycles. The fourth-order valence-electron chi connectivity index (χ4n) is 1.61. The highest BCUT2D eigenvalue weighted by Crippen LogP contribution is 2.33. The van der Waals surface area contributed by atoms with E-state index in [4.69, 9.17) is 4.74 Å². The van der Waals surface area contributed by atoms with Gasteiger partial charge in [-0.1, -0.05) is 30.9 Å². The predicted molar refractivity (Wildman–Crippen MR) is 69.4 cm³/mol. The number of nitrogens with zero attached hydrogens (tertiary/aromatic N) is 3. The molecule has 5 nitrogen and oxygen atoms in total. The van der Waals surface area contributed by atoms with Crippen LogP contribution in [0.15, 0.2) is 48.2 Å². The summed E-state index contributed by atoms with van der Waals surface area (Å²) in [5, 5.41) is 7.24. The normalized spacial score (nSPS) is 10.1. The van der Waals surface area contributed by atoms with Crippen LogP contribution in [0.2, 0.25) is 0 Å². The van der Waals surface area contributed by atoms with Crippen LogP contribution in [0.3, 0.4) is 0 Å². The molecule has 1 heterocycles. The number of aryl methyl sites for hydroxylation is 1. The molecule has 0 N–H and O–H groups in total. The number of nitroso groups, excluding NO2 is 1. The molecule has 0 bridgehead atoms. The summed E-state index contributed by atoms with van der Waals surface area (Å²) in [6.45, 7) is 5.59. The van der Waals surface area contributed by atoms with Gasteiger partial charge in [0.05, 0.1) is 11.4 Å². The molecule has 0 fully saturated rings. The maximum atomic E-state index is 10.8. The van der Waals surface area contributed by atoms with Crippen molar-refractivity contribution in [1.82, 2.24) is 9.78 Å². The zero-order valence-corrected chi connectivity index (χ0v) is 10.0. The van der Waals surface area contributed by atoms with Crippen LogP contribution in [-0.4, -0.2) is 16.4 Å². The van der Waals surface area contributed by atoms with Gasteiger partial charge in [-0.25, -0.2) is 0 Å². The second-order valence-electron chi connectivity index (χ2n) is 3.68. The molecule has 0 spiro atoms. The molecule has 1 aromatic heterocycles. The van der Waals surface area contributed by atoms with E-state index in [-0.39, 0.29) is 5.69 Å². The summed E-state index contributed by atoms with van der Waals surface area (Å²) in [6, 6.07) is 9.43. The van der Waals surface area contributed by atoms with E-state index < -0.39 is 0 Å². The van der Waals surface area contributed by atoms with Crippen molar-refractivity contribution in [3.05, 3.63) is 53.6 Å². The Bertz CT molecular complexity index is 561. The van der Waals surface area contributed by atoms with Crippen molar-refractivity contribution in [3.8, 4) is 11.6 Å². The molecule has 0 saturated carbocycles. The maximum absolute atomic E-state index is 10.8. The van der Waals surface area contributed by atoms with Crippen molar-refractivity contribution in [2.24, 2.45) is 5.18 Å². The van der Waals surface area contributed by atoms with E-state index in [1.807, 2.05) is 30.3 Å². The summed E-state index contributed by atoms with van der Waals surface area (Å²) in [5.41, 5.74) is 1.57. The molecule has 2 aromatic rings. The number of benzene rings is 1. The van der Waals surface area contributed by atoms with Gasteiger partial charge in [-0.05, 0) is 24.2 Å². The van der Waals surface area contributed by atoms with Gasteiger partial charge in [0.25, 0.3) is 0 Å². The highest BCUT2D eigenvalue weighted by Gasteiger charge is 2.18. The average Bonchev–Trinajstić information content (AvgIpc) is 2.73. The van der Waals surface area contributed by atoms with Gasteiger partial charge in [-0.15, -0.1) is 4.91 Å². The van der Waals surface area contributed by atoms with Crippen molar-refractivity contribution in [2.45, 2.75) is 6.92 Å². The van der Waals surface area contributed by atoms with Crippen LogP contribution in [0.1, 0.15) is 5.69 Å². The van der Waals surface area contributed by atoms with Gasteiger partial charge >= 0.3 is 0 Å². The number of rotatable bonds is 5. The summed E-state index contributed by atoms with van der Waals surface area (Å²) in [7, 11) is 0. The average molecular weight is 243 g/mol. The van der Waals surface area contributed by atoms with Crippen LogP contribution >= 0.6 is 0 Å². The summed E-state index contributed by atoms with van der Waals surface area (Å²) >= 11 is 0. The van der Waals surface area contributed by atoms with Gasteiger partial charge in [0, 0.05) is 0 Å². The van der Waals surface area contributed by atoms with E-state index in [9.17, 15) is 4.91 Å². The van der Waals surface area contributed by atoms with Gasteiger partial charge in [-0.2, -0.15) is 9.78 Å². The third-order valence-corrected chi connectivity index (χ3v) is 2.42. The SMILES string of the molecule is C=CCOc1c(N=O)c(C)nn1-c1ccccc1. The maximum Gasteiger partial charge on any atom is 0.247 e. The molecule has 18 heavy (non-hydrogen) atoms. The molecular weight excluding hydrogens is 230 g/mol. The lowest BCUT2D eigenvalue weighted by atomic mass is 10.3. The Morgan fingerprint density at radius 1 is 1.44 bits per heavy atom. The first-order valence-electron chi connectivity index (χ1n) is 5.50. The number of para-hydroxylation sites is 1. The van der Waals surface area contributed by atoms with E-state index in [0.29, 0.717) is 18.2 Å². The molecule has 0 aliphatic heterocycles. The summed E-state index contributed by atoms with van der Waals surface area (Å²) < 4.78 is 7.04. The van der Waals surface area contributed by atoms with Crippen LogP contribution in [0.5, 0.6) is 5.88 Å². The third kappa shape index (κ3) is 2.15. The van der Waals surface area contributed by atoms with E-state index >= 15 is 0 Å². The quantitative estimate of drug-likeness (QED) is 0.598. The van der Waals surface area contributed by atoms with E-state index in [2.05, 4.69) is 16.9 Å². The lowest BCUT2D eigenvalue weighted by Gasteiger charge is -2.07. The van der Waals surface area contributed by atoms with Crippen LogP contribution in [-0.2, 0) is 0 Å².